The van der Waals surface area contributed by atoms with Gasteiger partial charge < -0.3 is 9.84 Å². The number of nitrogens with two attached hydrogens (primary N) is 1. The van der Waals surface area contributed by atoms with E-state index in [1.54, 1.807) is 0 Å². The second-order valence-electron chi connectivity index (χ2n) is 5.00. The molecular weight excluding hydrogens is 232 g/mol. The number of hydrazine groups is 1. The lowest BCUT2D eigenvalue weighted by atomic mass is 10.1. The van der Waals surface area contributed by atoms with E-state index in [0.29, 0.717) is 13.0 Å². The van der Waals surface area contributed by atoms with Crippen molar-refractivity contribution in [2.24, 2.45) is 11.8 Å². The first-order valence-corrected chi connectivity index (χ1v) is 5.18. The Balaban J connectivity index is 0.00000225. The van der Waals surface area contributed by atoms with Gasteiger partial charge in [-0.25, -0.2) is 5.01 Å². The van der Waals surface area contributed by atoms with E-state index in [1.807, 2.05) is 20.8 Å². The van der Waals surface area contributed by atoms with Crippen LogP contribution in [-0.4, -0.2) is 40.9 Å². The van der Waals surface area contributed by atoms with Crippen LogP contribution in [-0.2, 0) is 9.53 Å². The molecule has 0 aromatic heterocycles. The van der Waals surface area contributed by atoms with E-state index in [1.165, 1.54) is 5.01 Å². The van der Waals surface area contributed by atoms with Crippen LogP contribution in [0.15, 0.2) is 0 Å². The summed E-state index contributed by atoms with van der Waals surface area (Å²) in [5, 5.41) is 10.5. The van der Waals surface area contributed by atoms with Crippen molar-refractivity contribution in [2.45, 2.75) is 38.8 Å². The Bertz CT molecular complexity index is 243. The Hall–Kier alpha value is -0.360. The zero-order chi connectivity index (χ0) is 11.6. The van der Waals surface area contributed by atoms with Crippen molar-refractivity contribution in [1.82, 2.24) is 5.01 Å². The molecule has 0 unspecified atom stereocenters. The largest absolute Gasteiger partial charge is 0.460 e. The summed E-state index contributed by atoms with van der Waals surface area (Å²) < 4.78 is 5.26. The van der Waals surface area contributed by atoms with E-state index in [9.17, 15) is 4.79 Å². The summed E-state index contributed by atoms with van der Waals surface area (Å²) in [5.74, 6) is 5.20. The fourth-order valence-corrected chi connectivity index (χ4v) is 1.68. The number of hydrogen-bond acceptors (Lipinski definition) is 5. The fraction of sp³-hybridized carbons (Fsp3) is 0.900. The highest BCUT2D eigenvalue weighted by molar-refractivity contribution is 5.85. The quantitative estimate of drug-likeness (QED) is 0.546. The maximum Gasteiger partial charge on any atom is 0.310 e. The van der Waals surface area contributed by atoms with E-state index in [2.05, 4.69) is 0 Å². The van der Waals surface area contributed by atoms with Crippen LogP contribution >= 0.6 is 12.4 Å². The lowest BCUT2D eigenvalue weighted by molar-refractivity contribution is -0.159. The summed E-state index contributed by atoms with van der Waals surface area (Å²) >= 11 is 0. The topological polar surface area (TPSA) is 75.8 Å². The summed E-state index contributed by atoms with van der Waals surface area (Å²) in [7, 11) is 0. The van der Waals surface area contributed by atoms with Crippen molar-refractivity contribution >= 4 is 18.4 Å². The van der Waals surface area contributed by atoms with Crippen LogP contribution in [0.3, 0.4) is 0 Å². The monoisotopic (exact) mass is 252 g/mol. The van der Waals surface area contributed by atoms with Gasteiger partial charge in [0.05, 0.1) is 12.5 Å². The zero-order valence-electron chi connectivity index (χ0n) is 9.97. The van der Waals surface area contributed by atoms with Crippen molar-refractivity contribution in [3.8, 4) is 0 Å². The molecule has 1 heterocycles. The van der Waals surface area contributed by atoms with Gasteiger partial charge in [-0.3, -0.25) is 10.6 Å². The number of hydrogen-bond donors (Lipinski definition) is 2. The van der Waals surface area contributed by atoms with Crippen LogP contribution in [0.1, 0.15) is 27.2 Å². The molecule has 16 heavy (non-hydrogen) atoms. The molecular formula is C10H21ClN2O3. The molecule has 1 aliphatic heterocycles. The van der Waals surface area contributed by atoms with E-state index in [-0.39, 0.29) is 36.9 Å². The van der Waals surface area contributed by atoms with Crippen LogP contribution in [0.4, 0.5) is 0 Å². The highest BCUT2D eigenvalue weighted by Gasteiger charge is 2.36. The van der Waals surface area contributed by atoms with Gasteiger partial charge in [0, 0.05) is 12.6 Å². The molecule has 1 rings (SSSR count). The number of rotatable bonds is 2. The minimum Gasteiger partial charge on any atom is -0.460 e. The smallest absolute Gasteiger partial charge is 0.310 e. The number of aliphatic hydroxyl groups excluding tert-OH is 1. The molecule has 5 nitrogen and oxygen atoms in total. The molecule has 0 aromatic carbocycles. The fourth-order valence-electron chi connectivity index (χ4n) is 1.68. The molecule has 1 fully saturated rings. The highest BCUT2D eigenvalue weighted by atomic mass is 35.5. The third-order valence-electron chi connectivity index (χ3n) is 2.41. The van der Waals surface area contributed by atoms with Gasteiger partial charge in [-0.2, -0.15) is 0 Å². The Morgan fingerprint density at radius 3 is 2.50 bits per heavy atom. The summed E-state index contributed by atoms with van der Waals surface area (Å²) in [5.41, 5.74) is -0.464. The second kappa shape index (κ2) is 5.82. The Morgan fingerprint density at radius 1 is 1.56 bits per heavy atom. The van der Waals surface area contributed by atoms with E-state index < -0.39 is 5.60 Å². The van der Waals surface area contributed by atoms with Crippen molar-refractivity contribution < 1.29 is 14.6 Å². The van der Waals surface area contributed by atoms with Gasteiger partial charge in [0.25, 0.3) is 0 Å². The van der Waals surface area contributed by atoms with Crippen LogP contribution in [0, 0.1) is 5.92 Å². The number of carbonyl (C=O) groups excluding carboxylic acids is 1. The molecule has 2 atom stereocenters. The Labute approximate surface area is 102 Å². The average Bonchev–Trinajstić information content (AvgIpc) is 2.43. The van der Waals surface area contributed by atoms with Crippen LogP contribution in [0.2, 0.25) is 0 Å². The molecule has 3 N–H and O–H groups in total. The van der Waals surface area contributed by atoms with Crippen molar-refractivity contribution in [3.05, 3.63) is 0 Å². The lowest BCUT2D eigenvalue weighted by Crippen LogP contribution is -2.38. The van der Waals surface area contributed by atoms with Gasteiger partial charge in [-0.15, -0.1) is 12.4 Å². The number of ether oxygens (including phenoxy) is 1. The number of halogens is 1. The molecule has 0 spiro atoms. The predicted molar refractivity (Wildman–Crippen MR) is 63.0 cm³/mol. The zero-order valence-corrected chi connectivity index (χ0v) is 10.8. The molecule has 0 aliphatic carbocycles. The summed E-state index contributed by atoms with van der Waals surface area (Å²) in [6.45, 7) is 5.95. The van der Waals surface area contributed by atoms with Gasteiger partial charge >= 0.3 is 5.97 Å². The lowest BCUT2D eigenvalue weighted by Gasteiger charge is -2.21. The van der Waals surface area contributed by atoms with Gasteiger partial charge in [0.1, 0.15) is 5.60 Å². The minimum absolute atomic E-state index is 0. The third kappa shape index (κ3) is 4.25. The summed E-state index contributed by atoms with van der Waals surface area (Å²) in [4.78, 5) is 11.7. The van der Waals surface area contributed by atoms with Gasteiger partial charge in [0.15, 0.2) is 0 Å². The normalized spacial score (nSPS) is 26.3. The molecule has 0 amide bonds. The van der Waals surface area contributed by atoms with E-state index >= 15 is 0 Å². The molecule has 1 saturated heterocycles. The molecule has 0 radical (unpaired) electrons. The number of aliphatic hydroxyl groups is 1. The Kier molecular flexibility index (Phi) is 5.69. The first-order chi connectivity index (χ1) is 6.83. The summed E-state index contributed by atoms with van der Waals surface area (Å²) in [6.07, 6.45) is 0.571. The van der Waals surface area contributed by atoms with Crippen LogP contribution in [0.25, 0.3) is 0 Å². The number of nitrogens with zero attached hydrogens (tertiary/aromatic N) is 1. The third-order valence-corrected chi connectivity index (χ3v) is 2.41. The second-order valence-corrected chi connectivity index (χ2v) is 5.00. The average molecular weight is 253 g/mol. The summed E-state index contributed by atoms with van der Waals surface area (Å²) in [6, 6.07) is -0.123. The maximum atomic E-state index is 11.7. The molecule has 0 bridgehead atoms. The van der Waals surface area contributed by atoms with Crippen LogP contribution < -0.4 is 5.84 Å². The number of carbonyl (C=O) groups is 1. The Morgan fingerprint density at radius 2 is 2.12 bits per heavy atom. The molecule has 0 saturated carbocycles. The standard InChI is InChI=1S/C10H20N2O3.ClH/c1-10(2,3)15-9(14)7-4-8(6-13)12(11)5-7;/h7-8,13H,4-6,11H2,1-3H3;1H/t7-,8+;/m1./s1. The SMILES string of the molecule is CC(C)(C)OC(=O)[C@@H]1C[C@@H](CO)N(N)C1.Cl. The van der Waals surface area contributed by atoms with E-state index in [0.717, 1.165) is 0 Å². The number of esters is 1. The van der Waals surface area contributed by atoms with E-state index in [4.69, 9.17) is 15.7 Å². The van der Waals surface area contributed by atoms with Gasteiger partial charge in [-0.05, 0) is 27.2 Å². The van der Waals surface area contributed by atoms with Gasteiger partial charge in [0.2, 0.25) is 0 Å². The van der Waals surface area contributed by atoms with Crippen LogP contribution in [0.5, 0.6) is 0 Å². The highest BCUT2D eigenvalue weighted by Crippen LogP contribution is 2.23. The first-order valence-electron chi connectivity index (χ1n) is 5.18. The van der Waals surface area contributed by atoms with Crippen molar-refractivity contribution in [1.29, 1.82) is 0 Å². The first kappa shape index (κ1) is 15.6. The molecule has 6 heteroatoms. The van der Waals surface area contributed by atoms with Crippen molar-refractivity contribution in [3.63, 3.8) is 0 Å². The predicted octanol–water partition coefficient (Wildman–Crippen LogP) is 0.306. The van der Waals surface area contributed by atoms with Crippen molar-refractivity contribution in [2.75, 3.05) is 13.2 Å². The molecule has 1 aliphatic rings. The van der Waals surface area contributed by atoms with Gasteiger partial charge in [-0.1, -0.05) is 0 Å². The minimum atomic E-state index is -0.464. The molecule has 96 valence electrons. The maximum absolute atomic E-state index is 11.7. The molecule has 0 aromatic rings.